The van der Waals surface area contributed by atoms with Gasteiger partial charge in [-0.3, -0.25) is 4.79 Å². The van der Waals surface area contributed by atoms with Crippen LogP contribution in [0.1, 0.15) is 57.8 Å². The number of ether oxygens (including phenoxy) is 1. The van der Waals surface area contributed by atoms with Crippen LogP contribution < -0.4 is 5.32 Å². The van der Waals surface area contributed by atoms with Gasteiger partial charge in [-0.05, 0) is 18.8 Å². The Labute approximate surface area is 120 Å². The van der Waals surface area contributed by atoms with Crippen LogP contribution >= 0.6 is 0 Å². The van der Waals surface area contributed by atoms with Crippen LogP contribution in [0.2, 0.25) is 0 Å². The summed E-state index contributed by atoms with van der Waals surface area (Å²) in [4.78, 5) is 23.7. The Hall–Kier alpha value is -1.10. The van der Waals surface area contributed by atoms with Crippen LogP contribution in [-0.2, 0) is 14.3 Å². The number of aliphatic carboxylic acids is 1. The SMILES string of the molecule is O=C(CC1CCCCCC1)NC1(C(=O)O)CCOCC1. The van der Waals surface area contributed by atoms with E-state index in [4.69, 9.17) is 4.74 Å². The fourth-order valence-corrected chi connectivity index (χ4v) is 3.26. The van der Waals surface area contributed by atoms with Crippen LogP contribution in [-0.4, -0.2) is 35.7 Å². The first-order valence-corrected chi connectivity index (χ1v) is 7.74. The minimum Gasteiger partial charge on any atom is -0.480 e. The predicted molar refractivity (Wildman–Crippen MR) is 74.4 cm³/mol. The second kappa shape index (κ2) is 7.07. The van der Waals surface area contributed by atoms with E-state index in [-0.39, 0.29) is 5.91 Å². The zero-order valence-electron chi connectivity index (χ0n) is 12.0. The van der Waals surface area contributed by atoms with Gasteiger partial charge < -0.3 is 15.2 Å². The van der Waals surface area contributed by atoms with Gasteiger partial charge in [0.15, 0.2) is 0 Å². The smallest absolute Gasteiger partial charge is 0.329 e. The quantitative estimate of drug-likeness (QED) is 0.775. The van der Waals surface area contributed by atoms with Crippen LogP contribution in [0.3, 0.4) is 0 Å². The maximum atomic E-state index is 12.2. The molecule has 0 aromatic rings. The Balaban J connectivity index is 1.89. The van der Waals surface area contributed by atoms with Crippen molar-refractivity contribution in [1.82, 2.24) is 5.32 Å². The van der Waals surface area contributed by atoms with Crippen molar-refractivity contribution in [1.29, 1.82) is 0 Å². The van der Waals surface area contributed by atoms with Crippen molar-refractivity contribution in [3.8, 4) is 0 Å². The van der Waals surface area contributed by atoms with Crippen LogP contribution in [0.25, 0.3) is 0 Å². The summed E-state index contributed by atoms with van der Waals surface area (Å²) in [5.74, 6) is -0.626. The molecule has 5 heteroatoms. The first-order valence-electron chi connectivity index (χ1n) is 7.74. The van der Waals surface area contributed by atoms with Crippen molar-refractivity contribution >= 4 is 11.9 Å². The number of hydrogen-bond acceptors (Lipinski definition) is 3. The molecule has 2 aliphatic rings. The molecule has 1 heterocycles. The number of carboxylic acid groups (broad SMARTS) is 1. The minimum absolute atomic E-state index is 0.110. The van der Waals surface area contributed by atoms with E-state index >= 15 is 0 Å². The molecule has 0 atom stereocenters. The fraction of sp³-hybridized carbons (Fsp3) is 0.867. The molecule has 0 aromatic carbocycles. The summed E-state index contributed by atoms with van der Waals surface area (Å²) in [5.41, 5.74) is -1.11. The van der Waals surface area contributed by atoms with Crippen LogP contribution in [0.4, 0.5) is 0 Å². The lowest BCUT2D eigenvalue weighted by Crippen LogP contribution is -2.57. The summed E-state index contributed by atoms with van der Waals surface area (Å²) in [5, 5.41) is 12.2. The highest BCUT2D eigenvalue weighted by atomic mass is 16.5. The molecule has 0 aromatic heterocycles. The van der Waals surface area contributed by atoms with E-state index in [0.29, 0.717) is 38.4 Å². The highest BCUT2D eigenvalue weighted by Gasteiger charge is 2.41. The fourth-order valence-electron chi connectivity index (χ4n) is 3.26. The highest BCUT2D eigenvalue weighted by molar-refractivity contribution is 5.87. The molecule has 1 amide bonds. The standard InChI is InChI=1S/C15H25NO4/c17-13(11-12-5-3-1-2-4-6-12)16-15(14(18)19)7-9-20-10-8-15/h12H,1-11H2,(H,16,17)(H,18,19). The highest BCUT2D eigenvalue weighted by Crippen LogP contribution is 2.26. The molecule has 20 heavy (non-hydrogen) atoms. The van der Waals surface area contributed by atoms with Crippen molar-refractivity contribution < 1.29 is 19.4 Å². The van der Waals surface area contributed by atoms with Crippen LogP contribution in [0.15, 0.2) is 0 Å². The third kappa shape index (κ3) is 3.95. The van der Waals surface area contributed by atoms with Crippen molar-refractivity contribution in [2.45, 2.75) is 63.3 Å². The largest absolute Gasteiger partial charge is 0.480 e. The van der Waals surface area contributed by atoms with E-state index < -0.39 is 11.5 Å². The number of rotatable bonds is 4. The lowest BCUT2D eigenvalue weighted by molar-refractivity contribution is -0.152. The van der Waals surface area contributed by atoms with Crippen LogP contribution in [0.5, 0.6) is 0 Å². The van der Waals surface area contributed by atoms with Gasteiger partial charge in [0, 0.05) is 32.5 Å². The number of carbonyl (C=O) groups is 2. The molecule has 0 radical (unpaired) electrons. The van der Waals surface area contributed by atoms with Gasteiger partial charge in [0.25, 0.3) is 0 Å². The van der Waals surface area contributed by atoms with E-state index in [9.17, 15) is 14.7 Å². The Bertz CT molecular complexity index is 342. The van der Waals surface area contributed by atoms with Gasteiger partial charge in [0.2, 0.25) is 5.91 Å². The van der Waals surface area contributed by atoms with Gasteiger partial charge in [-0.2, -0.15) is 0 Å². The maximum absolute atomic E-state index is 12.2. The van der Waals surface area contributed by atoms with Gasteiger partial charge in [-0.1, -0.05) is 25.7 Å². The van der Waals surface area contributed by atoms with E-state index in [2.05, 4.69) is 5.32 Å². The van der Waals surface area contributed by atoms with Crippen molar-refractivity contribution in [3.63, 3.8) is 0 Å². The van der Waals surface area contributed by atoms with Gasteiger partial charge in [-0.25, -0.2) is 4.79 Å². The monoisotopic (exact) mass is 283 g/mol. The Morgan fingerprint density at radius 2 is 1.70 bits per heavy atom. The molecule has 1 saturated heterocycles. The first-order chi connectivity index (χ1) is 9.62. The predicted octanol–water partition coefficient (Wildman–Crippen LogP) is 2.10. The molecule has 2 N–H and O–H groups in total. The summed E-state index contributed by atoms with van der Waals surface area (Å²) in [6.45, 7) is 0.798. The Morgan fingerprint density at radius 3 is 2.25 bits per heavy atom. The average Bonchev–Trinajstić information content (AvgIpc) is 2.68. The summed E-state index contributed by atoms with van der Waals surface area (Å²) >= 11 is 0. The summed E-state index contributed by atoms with van der Waals surface area (Å²) < 4.78 is 5.21. The summed E-state index contributed by atoms with van der Waals surface area (Å²) in [6, 6.07) is 0. The van der Waals surface area contributed by atoms with Gasteiger partial charge in [0.05, 0.1) is 0 Å². The second-order valence-corrected chi connectivity index (χ2v) is 6.11. The normalized spacial score (nSPS) is 23.8. The molecule has 1 aliphatic carbocycles. The zero-order valence-corrected chi connectivity index (χ0v) is 12.0. The summed E-state index contributed by atoms with van der Waals surface area (Å²) in [6.07, 6.45) is 8.27. The van der Waals surface area contributed by atoms with E-state index in [1.807, 2.05) is 0 Å². The molecule has 0 spiro atoms. The average molecular weight is 283 g/mol. The number of nitrogens with one attached hydrogen (secondary N) is 1. The third-order valence-electron chi connectivity index (χ3n) is 4.58. The number of carboxylic acids is 1. The van der Waals surface area contributed by atoms with E-state index in [1.165, 1.54) is 25.7 Å². The molecular weight excluding hydrogens is 258 g/mol. The molecular formula is C15H25NO4. The molecule has 2 fully saturated rings. The van der Waals surface area contributed by atoms with Crippen molar-refractivity contribution in [2.75, 3.05) is 13.2 Å². The van der Waals surface area contributed by atoms with Gasteiger partial charge >= 0.3 is 5.97 Å². The summed E-state index contributed by atoms with van der Waals surface area (Å²) in [7, 11) is 0. The third-order valence-corrected chi connectivity index (χ3v) is 4.58. The Kier molecular flexibility index (Phi) is 5.40. The lowest BCUT2D eigenvalue weighted by Gasteiger charge is -2.34. The molecule has 5 nitrogen and oxygen atoms in total. The maximum Gasteiger partial charge on any atom is 0.329 e. The molecule has 0 unspecified atom stereocenters. The first kappa shape index (κ1) is 15.3. The molecule has 0 bridgehead atoms. The molecule has 2 rings (SSSR count). The number of amides is 1. The second-order valence-electron chi connectivity index (χ2n) is 6.11. The van der Waals surface area contributed by atoms with E-state index in [1.54, 1.807) is 0 Å². The van der Waals surface area contributed by atoms with Gasteiger partial charge in [0.1, 0.15) is 5.54 Å². The van der Waals surface area contributed by atoms with Crippen molar-refractivity contribution in [3.05, 3.63) is 0 Å². The number of hydrogen-bond donors (Lipinski definition) is 2. The molecule has 114 valence electrons. The lowest BCUT2D eigenvalue weighted by atomic mass is 9.89. The van der Waals surface area contributed by atoms with Gasteiger partial charge in [-0.15, -0.1) is 0 Å². The topological polar surface area (TPSA) is 75.6 Å². The molecule has 1 aliphatic heterocycles. The van der Waals surface area contributed by atoms with E-state index in [0.717, 1.165) is 12.8 Å². The van der Waals surface area contributed by atoms with Crippen LogP contribution in [0, 0.1) is 5.92 Å². The zero-order chi connectivity index (χ0) is 14.4. The van der Waals surface area contributed by atoms with Crippen molar-refractivity contribution in [2.24, 2.45) is 5.92 Å². The minimum atomic E-state index is -1.11. The number of carbonyl (C=O) groups excluding carboxylic acids is 1. The molecule has 1 saturated carbocycles. The Morgan fingerprint density at radius 1 is 1.10 bits per heavy atom.